The van der Waals surface area contributed by atoms with Gasteiger partial charge in [-0.15, -0.1) is 0 Å². The van der Waals surface area contributed by atoms with E-state index >= 15 is 0 Å². The van der Waals surface area contributed by atoms with Crippen LogP contribution in [0.4, 0.5) is 0 Å². The van der Waals surface area contributed by atoms with Gasteiger partial charge in [0.25, 0.3) is 0 Å². The number of nitrogens with one attached hydrogen (secondary N) is 1. The Hall–Kier alpha value is -0.170. The first-order chi connectivity index (χ1) is 5.72. The molecular formula is C7H14IN4-. The molecule has 0 fully saturated rings. The summed E-state index contributed by atoms with van der Waals surface area (Å²) in [4.78, 5) is 2.27. The molecule has 0 aromatic carbocycles. The molecular weight excluding hydrogens is 267 g/mol. The number of aromatic nitrogens is 3. The average Bonchev–Trinajstić information content (AvgIpc) is 2.47. The van der Waals surface area contributed by atoms with Crippen LogP contribution in [-0.4, -0.2) is 24.0 Å². The van der Waals surface area contributed by atoms with Crippen molar-refractivity contribution in [2.75, 3.05) is 4.93 Å². The van der Waals surface area contributed by atoms with Crippen molar-refractivity contribution in [3.05, 3.63) is 11.9 Å². The SMILES string of the molecule is C[I-][C@@H](C)NCc1cn(C)nn1. The molecule has 0 aliphatic heterocycles. The third kappa shape index (κ3) is 3.06. The van der Waals surface area contributed by atoms with Gasteiger partial charge in [0, 0.05) is 0 Å². The molecule has 0 aliphatic carbocycles. The zero-order valence-electron chi connectivity index (χ0n) is 7.58. The molecule has 0 saturated heterocycles. The Balaban J connectivity index is 2.33. The topological polar surface area (TPSA) is 42.7 Å². The summed E-state index contributed by atoms with van der Waals surface area (Å²) in [5.74, 6) is 0. The number of halogens is 1. The van der Waals surface area contributed by atoms with Crippen LogP contribution in [-0.2, 0) is 13.6 Å². The van der Waals surface area contributed by atoms with E-state index in [1.165, 1.54) is 0 Å². The molecule has 1 atom stereocenters. The summed E-state index contributed by atoms with van der Waals surface area (Å²) in [6, 6.07) is 0. The quantitative estimate of drug-likeness (QED) is 0.363. The van der Waals surface area contributed by atoms with Crippen molar-refractivity contribution in [3.63, 3.8) is 0 Å². The van der Waals surface area contributed by atoms with Crippen molar-refractivity contribution in [2.45, 2.75) is 17.5 Å². The third-order valence-electron chi connectivity index (χ3n) is 1.54. The zero-order valence-corrected chi connectivity index (χ0v) is 9.74. The van der Waals surface area contributed by atoms with E-state index in [-0.39, 0.29) is 21.2 Å². The van der Waals surface area contributed by atoms with Gasteiger partial charge >= 0.3 is 82.9 Å². The molecule has 1 aromatic heterocycles. The van der Waals surface area contributed by atoms with E-state index in [1.807, 2.05) is 13.2 Å². The van der Waals surface area contributed by atoms with Crippen LogP contribution in [0.2, 0.25) is 0 Å². The van der Waals surface area contributed by atoms with Crippen LogP contribution < -0.4 is 26.5 Å². The Morgan fingerprint density at radius 3 is 3.00 bits per heavy atom. The Kier molecular flexibility index (Phi) is 3.93. The van der Waals surface area contributed by atoms with Crippen molar-refractivity contribution in [3.8, 4) is 0 Å². The maximum atomic E-state index is 3.98. The van der Waals surface area contributed by atoms with E-state index in [2.05, 4.69) is 27.5 Å². The van der Waals surface area contributed by atoms with E-state index < -0.39 is 0 Å². The Labute approximate surface area is 83.0 Å². The Bertz CT molecular complexity index is 235. The van der Waals surface area contributed by atoms with Crippen molar-refractivity contribution >= 4 is 0 Å². The van der Waals surface area contributed by atoms with Gasteiger partial charge in [-0.2, -0.15) is 0 Å². The van der Waals surface area contributed by atoms with E-state index in [9.17, 15) is 0 Å². The number of aryl methyl sites for hydroxylation is 1. The van der Waals surface area contributed by atoms with Crippen LogP contribution in [0, 0.1) is 0 Å². The van der Waals surface area contributed by atoms with E-state index in [1.54, 1.807) is 4.68 Å². The second kappa shape index (κ2) is 4.76. The molecule has 1 heterocycles. The summed E-state index contributed by atoms with van der Waals surface area (Å²) in [5.41, 5.74) is 1.02. The molecule has 0 aliphatic rings. The number of nitrogens with zero attached hydrogens (tertiary/aromatic N) is 3. The zero-order chi connectivity index (χ0) is 8.97. The monoisotopic (exact) mass is 281 g/mol. The molecule has 0 spiro atoms. The van der Waals surface area contributed by atoms with Gasteiger partial charge in [0.1, 0.15) is 0 Å². The van der Waals surface area contributed by atoms with Crippen LogP contribution in [0.25, 0.3) is 0 Å². The van der Waals surface area contributed by atoms with Gasteiger partial charge < -0.3 is 0 Å². The van der Waals surface area contributed by atoms with Crippen molar-refractivity contribution in [2.24, 2.45) is 7.05 Å². The molecule has 0 unspecified atom stereocenters. The van der Waals surface area contributed by atoms with Crippen LogP contribution in [0.5, 0.6) is 0 Å². The summed E-state index contributed by atoms with van der Waals surface area (Å²) in [7, 11) is 1.88. The summed E-state index contributed by atoms with van der Waals surface area (Å²) in [5, 5.41) is 11.2. The minimum atomic E-state index is 0.287. The van der Waals surface area contributed by atoms with E-state index in [4.69, 9.17) is 0 Å². The number of rotatable bonds is 4. The number of alkyl halides is 2. The minimum absolute atomic E-state index is 0.287. The fraction of sp³-hybridized carbons (Fsp3) is 0.714. The standard InChI is InChI=1S/C7H14IN4/c1-6(8-2)9-4-7-5-12(3)11-10-7/h5-6,9H,4H2,1-3H3/q-1/t6-/m1/s1. The van der Waals surface area contributed by atoms with Gasteiger partial charge in [0.05, 0.1) is 0 Å². The molecule has 0 radical (unpaired) electrons. The maximum absolute atomic E-state index is 3.98. The van der Waals surface area contributed by atoms with Crippen LogP contribution in [0.15, 0.2) is 6.20 Å². The second-order valence-corrected chi connectivity index (χ2v) is 5.71. The fourth-order valence-corrected chi connectivity index (χ4v) is 1.46. The van der Waals surface area contributed by atoms with Crippen molar-refractivity contribution < 1.29 is 21.2 Å². The van der Waals surface area contributed by atoms with Gasteiger partial charge in [-0.25, -0.2) is 0 Å². The molecule has 4 nitrogen and oxygen atoms in total. The van der Waals surface area contributed by atoms with Gasteiger partial charge in [-0.3, -0.25) is 0 Å². The van der Waals surface area contributed by atoms with Crippen LogP contribution in [0.3, 0.4) is 0 Å². The first kappa shape index (κ1) is 9.91. The molecule has 1 N–H and O–H groups in total. The van der Waals surface area contributed by atoms with Crippen LogP contribution in [0.1, 0.15) is 12.6 Å². The molecule has 0 amide bonds. The predicted octanol–water partition coefficient (Wildman–Crippen LogP) is -3.03. The van der Waals surface area contributed by atoms with Gasteiger partial charge in [-0.05, 0) is 0 Å². The molecule has 0 saturated carbocycles. The van der Waals surface area contributed by atoms with E-state index in [0.29, 0.717) is 4.05 Å². The molecule has 5 heteroatoms. The fourth-order valence-electron chi connectivity index (χ4n) is 0.799. The molecule has 1 aromatic rings. The van der Waals surface area contributed by atoms with Crippen LogP contribution >= 0.6 is 0 Å². The normalized spacial score (nSPS) is 13.6. The molecule has 0 bridgehead atoms. The number of hydrogen-bond acceptors (Lipinski definition) is 3. The molecule has 70 valence electrons. The third-order valence-corrected chi connectivity index (χ3v) is 3.85. The average molecular weight is 281 g/mol. The summed E-state index contributed by atoms with van der Waals surface area (Å²) >= 11 is 0.287. The first-order valence-electron chi connectivity index (χ1n) is 3.79. The summed E-state index contributed by atoms with van der Waals surface area (Å²) in [6.07, 6.45) is 1.94. The van der Waals surface area contributed by atoms with Gasteiger partial charge in [0.15, 0.2) is 0 Å². The Morgan fingerprint density at radius 2 is 2.50 bits per heavy atom. The number of hydrogen-bond donors (Lipinski definition) is 1. The van der Waals surface area contributed by atoms with Crippen molar-refractivity contribution in [1.29, 1.82) is 0 Å². The predicted molar refractivity (Wildman–Crippen MR) is 43.2 cm³/mol. The summed E-state index contributed by atoms with van der Waals surface area (Å²) < 4.78 is 2.38. The summed E-state index contributed by atoms with van der Waals surface area (Å²) in [6.45, 7) is 3.05. The molecule has 1 rings (SSSR count). The Morgan fingerprint density at radius 1 is 1.75 bits per heavy atom. The van der Waals surface area contributed by atoms with Crippen molar-refractivity contribution in [1.82, 2.24) is 20.3 Å². The van der Waals surface area contributed by atoms with Gasteiger partial charge in [-0.1, -0.05) is 0 Å². The second-order valence-electron chi connectivity index (χ2n) is 2.60. The first-order valence-corrected chi connectivity index (χ1v) is 7.19. The molecule has 12 heavy (non-hydrogen) atoms. The van der Waals surface area contributed by atoms with E-state index in [0.717, 1.165) is 12.2 Å². The van der Waals surface area contributed by atoms with Gasteiger partial charge in [0.2, 0.25) is 0 Å².